The van der Waals surface area contributed by atoms with E-state index in [1.165, 1.54) is 0 Å². The molecule has 0 bridgehead atoms. The second-order valence-corrected chi connectivity index (χ2v) is 6.30. The van der Waals surface area contributed by atoms with Crippen LogP contribution in [0.25, 0.3) is 0 Å². The zero-order chi connectivity index (χ0) is 13.6. The largest absolute Gasteiger partial charge is 0.393 e. The zero-order valence-corrected chi connectivity index (χ0v) is 12.5. The van der Waals surface area contributed by atoms with Crippen molar-refractivity contribution < 1.29 is 10.2 Å². The molecule has 0 rings (SSSR count). The Labute approximate surface area is 107 Å². The Morgan fingerprint density at radius 3 is 1.47 bits per heavy atom. The number of hydrogen-bond acceptors (Lipinski definition) is 2. The van der Waals surface area contributed by atoms with Crippen LogP contribution in [0.2, 0.25) is 0 Å². The monoisotopic (exact) mass is 244 g/mol. The fraction of sp³-hybridized carbons (Fsp3) is 1.00. The molecule has 0 saturated carbocycles. The van der Waals surface area contributed by atoms with Crippen molar-refractivity contribution in [3.63, 3.8) is 0 Å². The average Bonchev–Trinajstić information content (AvgIpc) is 2.21. The molecular weight excluding hydrogens is 212 g/mol. The molecule has 2 N–H and O–H groups in total. The van der Waals surface area contributed by atoms with Gasteiger partial charge < -0.3 is 10.2 Å². The van der Waals surface area contributed by atoms with Gasteiger partial charge in [-0.1, -0.05) is 34.6 Å². The van der Waals surface area contributed by atoms with Gasteiger partial charge in [-0.15, -0.1) is 0 Å². The third-order valence-corrected chi connectivity index (χ3v) is 3.57. The fourth-order valence-electron chi connectivity index (χ4n) is 2.74. The molecule has 0 amide bonds. The number of rotatable bonds is 8. The molecular formula is C15H32O2. The van der Waals surface area contributed by atoms with E-state index < -0.39 is 0 Å². The third-order valence-electron chi connectivity index (χ3n) is 3.57. The van der Waals surface area contributed by atoms with E-state index in [0.29, 0.717) is 11.8 Å². The van der Waals surface area contributed by atoms with E-state index in [1.54, 1.807) is 0 Å². The van der Waals surface area contributed by atoms with E-state index in [1.807, 2.05) is 13.8 Å². The highest BCUT2D eigenvalue weighted by molar-refractivity contribution is 4.81. The molecule has 0 spiro atoms. The summed E-state index contributed by atoms with van der Waals surface area (Å²) in [5.74, 6) is 1.57. The van der Waals surface area contributed by atoms with Crippen LogP contribution < -0.4 is 0 Å². The van der Waals surface area contributed by atoms with Crippen molar-refractivity contribution in [1.82, 2.24) is 0 Å². The minimum absolute atomic E-state index is 0.215. The summed E-state index contributed by atoms with van der Waals surface area (Å²) in [5.41, 5.74) is 0. The number of aliphatic hydroxyl groups is 2. The molecule has 0 aromatic heterocycles. The summed E-state index contributed by atoms with van der Waals surface area (Å²) < 4.78 is 0. The van der Waals surface area contributed by atoms with Gasteiger partial charge >= 0.3 is 0 Å². The van der Waals surface area contributed by atoms with Gasteiger partial charge in [0.25, 0.3) is 0 Å². The van der Waals surface area contributed by atoms with Gasteiger partial charge in [0.2, 0.25) is 0 Å². The average molecular weight is 244 g/mol. The van der Waals surface area contributed by atoms with Crippen molar-refractivity contribution >= 4 is 0 Å². The molecule has 4 unspecified atom stereocenters. The highest BCUT2D eigenvalue weighted by Gasteiger charge is 2.31. The summed E-state index contributed by atoms with van der Waals surface area (Å²) in [6, 6.07) is 0. The van der Waals surface area contributed by atoms with Crippen LogP contribution in [0.5, 0.6) is 0 Å². The lowest BCUT2D eigenvalue weighted by molar-refractivity contribution is -0.00545. The predicted octanol–water partition coefficient (Wildman–Crippen LogP) is 3.46. The molecule has 0 aromatic carbocycles. The Hall–Kier alpha value is -0.0800. The van der Waals surface area contributed by atoms with E-state index in [4.69, 9.17) is 0 Å². The zero-order valence-electron chi connectivity index (χ0n) is 12.5. The maximum Gasteiger partial charge on any atom is 0.0569 e. The Morgan fingerprint density at radius 1 is 0.765 bits per heavy atom. The molecule has 2 heteroatoms. The van der Waals surface area contributed by atoms with Crippen LogP contribution in [-0.2, 0) is 0 Å². The van der Waals surface area contributed by atoms with Crippen LogP contribution in [0.15, 0.2) is 0 Å². The highest BCUT2D eigenvalue weighted by Crippen LogP contribution is 2.32. The molecule has 0 saturated heterocycles. The van der Waals surface area contributed by atoms with Crippen LogP contribution in [0.4, 0.5) is 0 Å². The molecule has 0 aliphatic rings. The first-order valence-corrected chi connectivity index (χ1v) is 7.15. The second kappa shape index (κ2) is 8.10. The van der Waals surface area contributed by atoms with Crippen molar-refractivity contribution in [3.8, 4) is 0 Å². The smallest absolute Gasteiger partial charge is 0.0569 e. The number of aliphatic hydroxyl groups excluding tert-OH is 2. The van der Waals surface area contributed by atoms with Crippen LogP contribution in [0.3, 0.4) is 0 Å². The Morgan fingerprint density at radius 2 is 1.18 bits per heavy atom. The maximum absolute atomic E-state index is 10.2. The van der Waals surface area contributed by atoms with Gasteiger partial charge in [0, 0.05) is 0 Å². The van der Waals surface area contributed by atoms with Crippen LogP contribution >= 0.6 is 0 Å². The van der Waals surface area contributed by atoms with Crippen molar-refractivity contribution in [3.05, 3.63) is 0 Å². The van der Waals surface area contributed by atoms with Gasteiger partial charge in [-0.05, 0) is 49.9 Å². The third kappa shape index (κ3) is 6.42. The van der Waals surface area contributed by atoms with E-state index in [-0.39, 0.29) is 24.0 Å². The van der Waals surface area contributed by atoms with Gasteiger partial charge in [0.15, 0.2) is 0 Å². The van der Waals surface area contributed by atoms with Gasteiger partial charge in [-0.3, -0.25) is 0 Å². The standard InChI is InChI=1S/C15H32O2/c1-7-15(17)14(9-11(4)5)13(12(6)16)8-10(2)3/h10-17H,7-9H2,1-6H3. The highest BCUT2D eigenvalue weighted by atomic mass is 16.3. The minimum Gasteiger partial charge on any atom is -0.393 e. The summed E-state index contributed by atoms with van der Waals surface area (Å²) in [7, 11) is 0. The Balaban J connectivity index is 4.79. The molecule has 104 valence electrons. The Kier molecular flexibility index (Phi) is 8.06. The number of hydrogen-bond donors (Lipinski definition) is 2. The van der Waals surface area contributed by atoms with Crippen molar-refractivity contribution in [2.75, 3.05) is 0 Å². The molecule has 4 atom stereocenters. The van der Waals surface area contributed by atoms with E-state index >= 15 is 0 Å². The summed E-state index contributed by atoms with van der Waals surface area (Å²) in [4.78, 5) is 0. The Bertz CT molecular complexity index is 187. The minimum atomic E-state index is -0.331. The SMILES string of the molecule is CCC(O)C(CC(C)C)C(CC(C)C)C(C)O. The van der Waals surface area contributed by atoms with Gasteiger partial charge in [0.05, 0.1) is 12.2 Å². The quantitative estimate of drug-likeness (QED) is 0.686. The normalized spacial score (nSPS) is 19.4. The van der Waals surface area contributed by atoms with E-state index in [2.05, 4.69) is 27.7 Å². The lowest BCUT2D eigenvalue weighted by atomic mass is 9.74. The lowest BCUT2D eigenvalue weighted by Gasteiger charge is -2.35. The molecule has 0 aliphatic heterocycles. The topological polar surface area (TPSA) is 40.5 Å². The predicted molar refractivity (Wildman–Crippen MR) is 73.9 cm³/mol. The summed E-state index contributed by atoms with van der Waals surface area (Å²) in [6.07, 6.45) is 2.15. The lowest BCUT2D eigenvalue weighted by Crippen LogP contribution is -2.35. The van der Waals surface area contributed by atoms with Crippen molar-refractivity contribution in [2.24, 2.45) is 23.7 Å². The molecule has 0 radical (unpaired) electrons. The van der Waals surface area contributed by atoms with Crippen LogP contribution in [-0.4, -0.2) is 22.4 Å². The molecule has 17 heavy (non-hydrogen) atoms. The first-order valence-electron chi connectivity index (χ1n) is 7.15. The van der Waals surface area contributed by atoms with Gasteiger partial charge in [-0.2, -0.15) is 0 Å². The van der Waals surface area contributed by atoms with Crippen LogP contribution in [0.1, 0.15) is 60.8 Å². The maximum atomic E-state index is 10.2. The van der Waals surface area contributed by atoms with E-state index in [9.17, 15) is 10.2 Å². The second-order valence-electron chi connectivity index (χ2n) is 6.30. The summed E-state index contributed by atoms with van der Waals surface area (Å²) in [6.45, 7) is 12.6. The molecule has 0 aromatic rings. The van der Waals surface area contributed by atoms with Gasteiger partial charge in [-0.25, -0.2) is 0 Å². The molecule has 0 aliphatic carbocycles. The first-order chi connectivity index (χ1) is 7.79. The molecule has 0 heterocycles. The first kappa shape index (κ1) is 16.9. The molecule has 2 nitrogen and oxygen atoms in total. The van der Waals surface area contributed by atoms with Gasteiger partial charge in [0.1, 0.15) is 0 Å². The summed E-state index contributed by atoms with van der Waals surface area (Å²) in [5, 5.41) is 20.2. The molecule has 0 fully saturated rings. The fourth-order valence-corrected chi connectivity index (χ4v) is 2.74. The van der Waals surface area contributed by atoms with Crippen molar-refractivity contribution in [2.45, 2.75) is 73.0 Å². The van der Waals surface area contributed by atoms with Crippen molar-refractivity contribution in [1.29, 1.82) is 0 Å². The summed E-state index contributed by atoms with van der Waals surface area (Å²) >= 11 is 0. The van der Waals surface area contributed by atoms with E-state index in [0.717, 1.165) is 19.3 Å². The van der Waals surface area contributed by atoms with Crippen LogP contribution in [0, 0.1) is 23.7 Å².